The highest BCUT2D eigenvalue weighted by Crippen LogP contribution is 2.25. The highest BCUT2D eigenvalue weighted by Gasteiger charge is 2.16. The number of nitrogens with one attached hydrogen (secondary N) is 1. The van der Waals surface area contributed by atoms with Gasteiger partial charge in [-0.3, -0.25) is 4.79 Å². The number of hydrogen-bond donors (Lipinski definition) is 2. The molecule has 1 heterocycles. The fraction of sp³-hybridized carbons (Fsp3) is 0.231. The van der Waals surface area contributed by atoms with Crippen LogP contribution in [0, 0.1) is 0 Å². The molecule has 1 aromatic heterocycles. The zero-order valence-electron chi connectivity index (χ0n) is 10.5. The Hall–Kier alpha value is -2.30. The van der Waals surface area contributed by atoms with E-state index in [0.29, 0.717) is 0 Å². The van der Waals surface area contributed by atoms with E-state index in [-0.39, 0.29) is 5.82 Å². The van der Waals surface area contributed by atoms with Gasteiger partial charge in [-0.2, -0.15) is 0 Å². The molecule has 2 aromatic rings. The molecule has 0 radical (unpaired) electrons. The van der Waals surface area contributed by atoms with E-state index in [1.54, 1.807) is 0 Å². The van der Waals surface area contributed by atoms with E-state index in [4.69, 9.17) is 5.73 Å². The van der Waals surface area contributed by atoms with Crippen LogP contribution in [0.2, 0.25) is 0 Å². The first kappa shape index (κ1) is 12.2. The van der Waals surface area contributed by atoms with Gasteiger partial charge in [-0.1, -0.05) is 25.1 Å². The number of imidazole rings is 1. The lowest BCUT2D eigenvalue weighted by atomic mass is 10.2. The van der Waals surface area contributed by atoms with E-state index < -0.39 is 5.91 Å². The van der Waals surface area contributed by atoms with Crippen LogP contribution in [0.3, 0.4) is 0 Å². The fourth-order valence-corrected chi connectivity index (χ4v) is 1.81. The summed E-state index contributed by atoms with van der Waals surface area (Å²) < 4.78 is 0. The number of para-hydroxylation sites is 1. The van der Waals surface area contributed by atoms with E-state index >= 15 is 0 Å². The van der Waals surface area contributed by atoms with Crippen molar-refractivity contribution in [3.8, 4) is 0 Å². The first-order chi connectivity index (χ1) is 8.63. The number of anilines is 2. The summed E-state index contributed by atoms with van der Waals surface area (Å²) in [6.07, 6.45) is 0.757. The van der Waals surface area contributed by atoms with Crippen LogP contribution >= 0.6 is 0 Å². The molecular formula is C13H16N4O. The highest BCUT2D eigenvalue weighted by molar-refractivity contribution is 5.90. The number of benzene rings is 1. The number of primary amides is 1. The average Bonchev–Trinajstić information content (AvgIpc) is 2.83. The molecule has 5 heteroatoms. The van der Waals surface area contributed by atoms with Crippen molar-refractivity contribution in [3.63, 3.8) is 0 Å². The van der Waals surface area contributed by atoms with Gasteiger partial charge in [0.25, 0.3) is 5.91 Å². The lowest BCUT2D eigenvalue weighted by Gasteiger charge is -2.17. The van der Waals surface area contributed by atoms with Gasteiger partial charge in [-0.15, -0.1) is 0 Å². The molecule has 1 aromatic carbocycles. The Morgan fingerprint density at radius 3 is 2.61 bits per heavy atom. The summed E-state index contributed by atoms with van der Waals surface area (Å²) in [5, 5.41) is 0. The first-order valence-corrected chi connectivity index (χ1v) is 5.81. The molecule has 0 saturated heterocycles. The molecular weight excluding hydrogens is 228 g/mol. The molecule has 0 aliphatic rings. The monoisotopic (exact) mass is 244 g/mol. The second-order valence-electron chi connectivity index (χ2n) is 4.00. The lowest BCUT2D eigenvalue weighted by Crippen LogP contribution is -2.14. The minimum atomic E-state index is -0.544. The summed E-state index contributed by atoms with van der Waals surface area (Å²) >= 11 is 0. The smallest absolute Gasteiger partial charge is 0.284 e. The molecule has 0 fully saturated rings. The van der Waals surface area contributed by atoms with Crippen LogP contribution in [0.5, 0.6) is 0 Å². The van der Waals surface area contributed by atoms with Crippen molar-refractivity contribution >= 4 is 17.4 Å². The highest BCUT2D eigenvalue weighted by atomic mass is 16.1. The molecule has 18 heavy (non-hydrogen) atoms. The molecule has 1 amide bonds. The number of aryl methyl sites for hydroxylation is 1. The second-order valence-corrected chi connectivity index (χ2v) is 4.00. The predicted octanol–water partition coefficient (Wildman–Crippen LogP) is 1.84. The molecule has 94 valence electrons. The fourth-order valence-electron chi connectivity index (χ4n) is 1.81. The molecule has 3 N–H and O–H groups in total. The molecule has 0 unspecified atom stereocenters. The van der Waals surface area contributed by atoms with Gasteiger partial charge in [0, 0.05) is 12.7 Å². The Kier molecular flexibility index (Phi) is 3.32. The molecule has 0 saturated carbocycles. The summed E-state index contributed by atoms with van der Waals surface area (Å²) in [6.45, 7) is 2.00. The van der Waals surface area contributed by atoms with E-state index in [9.17, 15) is 4.79 Å². The average molecular weight is 244 g/mol. The Morgan fingerprint density at radius 1 is 1.39 bits per heavy atom. The predicted molar refractivity (Wildman–Crippen MR) is 71.0 cm³/mol. The number of rotatable bonds is 4. The number of hydrogen-bond acceptors (Lipinski definition) is 3. The van der Waals surface area contributed by atoms with Crippen molar-refractivity contribution in [1.29, 1.82) is 0 Å². The van der Waals surface area contributed by atoms with Crippen molar-refractivity contribution in [2.75, 3.05) is 11.9 Å². The van der Waals surface area contributed by atoms with Crippen molar-refractivity contribution in [2.24, 2.45) is 5.73 Å². The maximum Gasteiger partial charge on any atom is 0.284 e. The number of aromatic amines is 1. The quantitative estimate of drug-likeness (QED) is 0.861. The third-order valence-corrected chi connectivity index (χ3v) is 2.81. The maximum absolute atomic E-state index is 11.2. The van der Waals surface area contributed by atoms with E-state index in [1.807, 2.05) is 49.2 Å². The summed E-state index contributed by atoms with van der Waals surface area (Å²) in [6, 6.07) is 9.84. The number of amides is 1. The summed E-state index contributed by atoms with van der Waals surface area (Å²) in [5.41, 5.74) is 7.15. The Labute approximate surface area is 106 Å². The molecule has 0 aliphatic heterocycles. The molecule has 0 aliphatic carbocycles. The van der Waals surface area contributed by atoms with Crippen LogP contribution in [0.15, 0.2) is 30.3 Å². The second kappa shape index (κ2) is 4.91. The summed E-state index contributed by atoms with van der Waals surface area (Å²) in [4.78, 5) is 20.3. The minimum Gasteiger partial charge on any atom is -0.363 e. The van der Waals surface area contributed by atoms with Gasteiger partial charge in [0.05, 0.1) is 5.69 Å². The van der Waals surface area contributed by atoms with Crippen molar-refractivity contribution in [2.45, 2.75) is 13.3 Å². The SMILES string of the molecule is CCc1[nH]c(C(N)=O)nc1N(C)c1ccccc1. The van der Waals surface area contributed by atoms with Gasteiger partial charge in [0.1, 0.15) is 0 Å². The number of nitrogens with two attached hydrogens (primary N) is 1. The maximum atomic E-state index is 11.2. The number of carbonyl (C=O) groups excluding carboxylic acids is 1. The molecule has 0 spiro atoms. The third kappa shape index (κ3) is 2.20. The van der Waals surface area contributed by atoms with Gasteiger partial charge >= 0.3 is 0 Å². The third-order valence-electron chi connectivity index (χ3n) is 2.81. The summed E-state index contributed by atoms with van der Waals surface area (Å²) in [7, 11) is 1.91. The number of aromatic nitrogens is 2. The van der Waals surface area contributed by atoms with Crippen LogP contribution < -0.4 is 10.6 Å². The molecule has 5 nitrogen and oxygen atoms in total. The largest absolute Gasteiger partial charge is 0.363 e. The van der Waals surface area contributed by atoms with Gasteiger partial charge < -0.3 is 15.6 Å². The van der Waals surface area contributed by atoms with Crippen molar-refractivity contribution in [3.05, 3.63) is 41.9 Å². The minimum absolute atomic E-state index is 0.199. The van der Waals surface area contributed by atoms with E-state index in [2.05, 4.69) is 9.97 Å². The Balaban J connectivity index is 2.41. The van der Waals surface area contributed by atoms with Crippen LogP contribution in [-0.2, 0) is 6.42 Å². The normalized spacial score (nSPS) is 10.3. The number of carbonyl (C=O) groups is 1. The first-order valence-electron chi connectivity index (χ1n) is 5.81. The van der Waals surface area contributed by atoms with E-state index in [1.165, 1.54) is 0 Å². The van der Waals surface area contributed by atoms with Gasteiger partial charge in [-0.25, -0.2) is 4.98 Å². The standard InChI is InChI=1S/C13H16N4O/c1-3-10-13(16-12(15-10)11(14)18)17(2)9-7-5-4-6-8-9/h4-8H,3H2,1-2H3,(H2,14,18)(H,15,16). The topological polar surface area (TPSA) is 75.0 Å². The van der Waals surface area contributed by atoms with Crippen LogP contribution in [0.4, 0.5) is 11.5 Å². The van der Waals surface area contributed by atoms with Gasteiger partial charge in [0.2, 0.25) is 0 Å². The van der Waals surface area contributed by atoms with Crippen molar-refractivity contribution < 1.29 is 4.79 Å². The molecule has 0 atom stereocenters. The summed E-state index contributed by atoms with van der Waals surface area (Å²) in [5.74, 6) is 0.388. The molecule has 0 bridgehead atoms. The van der Waals surface area contributed by atoms with Gasteiger partial charge in [0.15, 0.2) is 11.6 Å². The number of nitrogens with zero attached hydrogens (tertiary/aromatic N) is 2. The van der Waals surface area contributed by atoms with Crippen LogP contribution in [-0.4, -0.2) is 22.9 Å². The Bertz CT molecular complexity index is 547. The number of H-pyrrole nitrogens is 1. The van der Waals surface area contributed by atoms with Crippen molar-refractivity contribution in [1.82, 2.24) is 9.97 Å². The van der Waals surface area contributed by atoms with Gasteiger partial charge in [-0.05, 0) is 18.6 Å². The van der Waals surface area contributed by atoms with Crippen LogP contribution in [0.1, 0.15) is 23.2 Å². The zero-order chi connectivity index (χ0) is 13.1. The Morgan fingerprint density at radius 2 is 2.06 bits per heavy atom. The lowest BCUT2D eigenvalue weighted by molar-refractivity contribution is 0.0991. The molecule has 2 rings (SSSR count). The van der Waals surface area contributed by atoms with E-state index in [0.717, 1.165) is 23.6 Å². The zero-order valence-corrected chi connectivity index (χ0v) is 10.5. The van der Waals surface area contributed by atoms with Crippen LogP contribution in [0.25, 0.3) is 0 Å².